The van der Waals surface area contributed by atoms with E-state index in [0.717, 1.165) is 24.8 Å². The largest absolute Gasteiger partial charge is 0.481 e. The Morgan fingerprint density at radius 2 is 2.00 bits per heavy atom. The molecule has 0 aliphatic heterocycles. The molecule has 0 saturated carbocycles. The molecule has 3 N–H and O–H groups in total. The molecule has 0 aromatic heterocycles. The van der Waals surface area contributed by atoms with E-state index >= 15 is 0 Å². The van der Waals surface area contributed by atoms with Gasteiger partial charge in [-0.1, -0.05) is 44.4 Å². The van der Waals surface area contributed by atoms with Gasteiger partial charge in [0.2, 0.25) is 0 Å². The van der Waals surface area contributed by atoms with Crippen LogP contribution in [0.25, 0.3) is 0 Å². The maximum Gasteiger partial charge on any atom is 0.313 e. The number of nitrogens with two attached hydrogens (primary N) is 1. The van der Waals surface area contributed by atoms with Gasteiger partial charge in [0.1, 0.15) is 0 Å². The summed E-state index contributed by atoms with van der Waals surface area (Å²) in [6, 6.07) is 7.24. The summed E-state index contributed by atoms with van der Waals surface area (Å²) in [5.74, 6) is -0.800. The number of aliphatic carboxylic acids is 1. The van der Waals surface area contributed by atoms with Crippen molar-refractivity contribution in [2.24, 2.45) is 0 Å². The van der Waals surface area contributed by atoms with E-state index in [-0.39, 0.29) is 0 Å². The minimum absolute atomic E-state index is 0.564. The van der Waals surface area contributed by atoms with E-state index in [1.54, 1.807) is 13.0 Å². The number of carboxylic acid groups (broad SMARTS) is 1. The summed E-state index contributed by atoms with van der Waals surface area (Å²) in [6.07, 6.45) is 3.67. The highest BCUT2D eigenvalue weighted by atomic mass is 16.4. The molecule has 3 nitrogen and oxygen atoms in total. The van der Waals surface area contributed by atoms with Crippen molar-refractivity contribution in [3.05, 3.63) is 29.8 Å². The Bertz CT molecular complexity index is 390. The van der Waals surface area contributed by atoms with E-state index in [1.807, 2.05) is 18.2 Å². The summed E-state index contributed by atoms with van der Waals surface area (Å²) >= 11 is 0. The van der Waals surface area contributed by atoms with E-state index in [1.165, 1.54) is 0 Å². The molecule has 3 heteroatoms. The van der Waals surface area contributed by atoms with Crippen molar-refractivity contribution in [3.8, 4) is 0 Å². The lowest BCUT2D eigenvalue weighted by Crippen LogP contribution is -2.33. The molecule has 0 bridgehead atoms. The molecule has 94 valence electrons. The SMILES string of the molecule is CCCCCC(C)(C(=O)O)c1ccccc1N. The number of rotatable bonds is 6. The molecular weight excluding hydrogens is 214 g/mol. The van der Waals surface area contributed by atoms with Gasteiger partial charge >= 0.3 is 5.97 Å². The minimum atomic E-state index is -0.874. The lowest BCUT2D eigenvalue weighted by Gasteiger charge is -2.26. The van der Waals surface area contributed by atoms with Gasteiger partial charge in [0.25, 0.3) is 0 Å². The highest BCUT2D eigenvalue weighted by Crippen LogP contribution is 2.33. The van der Waals surface area contributed by atoms with Crippen molar-refractivity contribution in [1.29, 1.82) is 0 Å². The predicted molar refractivity (Wildman–Crippen MR) is 70.0 cm³/mol. The van der Waals surface area contributed by atoms with Crippen LogP contribution in [-0.2, 0) is 10.2 Å². The van der Waals surface area contributed by atoms with Crippen LogP contribution in [0.1, 0.15) is 45.1 Å². The third-order valence-corrected chi connectivity index (χ3v) is 3.31. The molecule has 0 fully saturated rings. The number of unbranched alkanes of at least 4 members (excludes halogenated alkanes) is 2. The summed E-state index contributed by atoms with van der Waals surface area (Å²) < 4.78 is 0. The van der Waals surface area contributed by atoms with Crippen LogP contribution in [0.4, 0.5) is 5.69 Å². The van der Waals surface area contributed by atoms with Crippen molar-refractivity contribution in [3.63, 3.8) is 0 Å². The predicted octanol–water partition coefficient (Wildman–Crippen LogP) is 3.19. The number of carbonyl (C=O) groups is 1. The second-order valence-electron chi connectivity index (χ2n) is 4.68. The summed E-state index contributed by atoms with van der Waals surface area (Å²) in [6.45, 7) is 3.87. The Hall–Kier alpha value is -1.51. The summed E-state index contributed by atoms with van der Waals surface area (Å²) in [7, 11) is 0. The molecule has 0 aliphatic rings. The Morgan fingerprint density at radius 1 is 1.35 bits per heavy atom. The van der Waals surface area contributed by atoms with Gasteiger partial charge in [-0.3, -0.25) is 4.79 Å². The first kappa shape index (κ1) is 13.6. The van der Waals surface area contributed by atoms with Crippen molar-refractivity contribution < 1.29 is 9.90 Å². The van der Waals surface area contributed by atoms with Gasteiger partial charge in [-0.25, -0.2) is 0 Å². The van der Waals surface area contributed by atoms with Crippen LogP contribution in [0.15, 0.2) is 24.3 Å². The fourth-order valence-electron chi connectivity index (χ4n) is 2.08. The quantitative estimate of drug-likeness (QED) is 0.588. The highest BCUT2D eigenvalue weighted by molar-refractivity contribution is 5.83. The van der Waals surface area contributed by atoms with Crippen LogP contribution in [0.2, 0.25) is 0 Å². The van der Waals surface area contributed by atoms with Crippen molar-refractivity contribution in [2.45, 2.75) is 44.9 Å². The molecule has 1 unspecified atom stereocenters. The van der Waals surface area contributed by atoms with Crippen molar-refractivity contribution in [2.75, 3.05) is 5.73 Å². The topological polar surface area (TPSA) is 63.3 Å². The molecule has 0 aliphatic carbocycles. The van der Waals surface area contributed by atoms with Gasteiger partial charge in [0.05, 0.1) is 5.41 Å². The van der Waals surface area contributed by atoms with Crippen molar-refractivity contribution >= 4 is 11.7 Å². The molecule has 17 heavy (non-hydrogen) atoms. The molecule has 0 spiro atoms. The Kier molecular flexibility index (Phi) is 4.55. The van der Waals surface area contributed by atoms with Crippen LogP contribution < -0.4 is 5.73 Å². The van der Waals surface area contributed by atoms with Gasteiger partial charge in [0, 0.05) is 5.69 Å². The Morgan fingerprint density at radius 3 is 2.53 bits per heavy atom. The number of para-hydroxylation sites is 1. The zero-order valence-electron chi connectivity index (χ0n) is 10.6. The lowest BCUT2D eigenvalue weighted by molar-refractivity contribution is -0.143. The smallest absolute Gasteiger partial charge is 0.313 e. The maximum atomic E-state index is 11.5. The Labute approximate surface area is 103 Å². The van der Waals surface area contributed by atoms with Gasteiger partial charge in [0.15, 0.2) is 0 Å². The highest BCUT2D eigenvalue weighted by Gasteiger charge is 2.35. The van der Waals surface area contributed by atoms with Gasteiger partial charge < -0.3 is 10.8 Å². The van der Waals surface area contributed by atoms with Crippen LogP contribution in [0, 0.1) is 0 Å². The molecule has 1 aromatic rings. The third-order valence-electron chi connectivity index (χ3n) is 3.31. The zero-order valence-corrected chi connectivity index (χ0v) is 10.6. The van der Waals surface area contributed by atoms with Crippen molar-refractivity contribution in [1.82, 2.24) is 0 Å². The normalized spacial score (nSPS) is 14.2. The van der Waals surface area contributed by atoms with E-state index in [9.17, 15) is 9.90 Å². The molecule has 0 saturated heterocycles. The molecular formula is C14H21NO2. The fourth-order valence-corrected chi connectivity index (χ4v) is 2.08. The average molecular weight is 235 g/mol. The maximum absolute atomic E-state index is 11.5. The van der Waals surface area contributed by atoms with Crippen LogP contribution in [0.3, 0.4) is 0 Å². The summed E-state index contributed by atoms with van der Waals surface area (Å²) in [5, 5.41) is 9.45. The minimum Gasteiger partial charge on any atom is -0.481 e. The number of carboxylic acids is 1. The van der Waals surface area contributed by atoms with E-state index < -0.39 is 11.4 Å². The first-order valence-electron chi connectivity index (χ1n) is 6.10. The molecule has 1 atom stereocenters. The Balaban J connectivity index is 2.99. The number of nitrogen functional groups attached to an aromatic ring is 1. The van der Waals surface area contributed by atoms with Gasteiger partial charge in [-0.2, -0.15) is 0 Å². The fraction of sp³-hybridized carbons (Fsp3) is 0.500. The number of anilines is 1. The van der Waals surface area contributed by atoms with Crippen LogP contribution >= 0.6 is 0 Å². The van der Waals surface area contributed by atoms with Gasteiger partial charge in [-0.05, 0) is 25.0 Å². The average Bonchev–Trinajstić information content (AvgIpc) is 2.29. The zero-order chi connectivity index (χ0) is 12.9. The van der Waals surface area contributed by atoms with E-state index in [4.69, 9.17) is 5.73 Å². The summed E-state index contributed by atoms with van der Waals surface area (Å²) in [5.41, 5.74) is 6.30. The molecule has 0 amide bonds. The first-order valence-corrected chi connectivity index (χ1v) is 6.10. The standard InChI is InChI=1S/C14H21NO2/c1-3-4-7-10-14(2,13(16)17)11-8-5-6-9-12(11)15/h5-6,8-9H,3-4,7,10,15H2,1-2H3,(H,16,17). The molecule has 1 rings (SSSR count). The molecule has 0 heterocycles. The monoisotopic (exact) mass is 235 g/mol. The number of benzene rings is 1. The van der Waals surface area contributed by atoms with E-state index in [2.05, 4.69) is 6.92 Å². The molecule has 1 aromatic carbocycles. The second kappa shape index (κ2) is 5.71. The number of hydrogen-bond acceptors (Lipinski definition) is 2. The second-order valence-corrected chi connectivity index (χ2v) is 4.68. The van der Waals surface area contributed by atoms with Crippen LogP contribution in [-0.4, -0.2) is 11.1 Å². The lowest BCUT2D eigenvalue weighted by atomic mass is 9.77. The first-order chi connectivity index (χ1) is 8.02. The van der Waals surface area contributed by atoms with Crippen LogP contribution in [0.5, 0.6) is 0 Å². The number of hydrogen-bond donors (Lipinski definition) is 2. The third kappa shape index (κ3) is 2.99. The van der Waals surface area contributed by atoms with Gasteiger partial charge in [-0.15, -0.1) is 0 Å². The molecule has 0 radical (unpaired) electrons. The van der Waals surface area contributed by atoms with E-state index in [0.29, 0.717) is 12.1 Å². The summed E-state index contributed by atoms with van der Waals surface area (Å²) in [4.78, 5) is 11.5.